The van der Waals surface area contributed by atoms with Gasteiger partial charge in [0.25, 0.3) is 19.5 Å². The van der Waals surface area contributed by atoms with Crippen molar-refractivity contribution in [2.24, 2.45) is 17.7 Å². The maximum Gasteiger partial charge on any atom is 0.302 e. The number of hydrogen-bond donors (Lipinski definition) is 3. The Morgan fingerprint density at radius 1 is 0.746 bits per heavy atom. The van der Waals surface area contributed by atoms with E-state index in [1.807, 2.05) is 0 Å². The number of likely N-dealkylation sites (tertiary alicyclic amines) is 3. The molecule has 0 unspecified atom stereocenters. The van der Waals surface area contributed by atoms with Crippen LogP contribution in [0.5, 0.6) is 0 Å². The molecule has 3 amide bonds. The van der Waals surface area contributed by atoms with E-state index in [4.69, 9.17) is 58.1 Å². The number of carbonyl (C=O) groups is 3. The molecule has 0 saturated carbocycles. The quantitative estimate of drug-likeness (QED) is 0.159. The first kappa shape index (κ1) is 24.8. The van der Waals surface area contributed by atoms with Crippen molar-refractivity contribution in [2.45, 2.75) is 71.8 Å². The zero-order valence-corrected chi connectivity index (χ0v) is 38.5. The predicted molar refractivity (Wildman–Crippen MR) is 273 cm³/mol. The van der Waals surface area contributed by atoms with Gasteiger partial charge in [-0.3, -0.25) is 14.4 Å². The number of aryl methyl sites for hydroxylation is 2. The van der Waals surface area contributed by atoms with Crippen LogP contribution < -0.4 is 14.7 Å². The lowest BCUT2D eigenvalue weighted by atomic mass is 9.92. The fourth-order valence-electron chi connectivity index (χ4n) is 7.47. The number of H-pyrrole nitrogens is 3. The molecule has 0 aromatic carbocycles. The van der Waals surface area contributed by atoms with E-state index in [0.29, 0.717) is 20.9 Å². The number of piperidine rings is 3. The predicted octanol–water partition coefficient (Wildman–Crippen LogP) is 5.27. The summed E-state index contributed by atoms with van der Waals surface area (Å²) in [6, 6.07) is -5.86. The molecule has 9 heterocycles. The Morgan fingerprint density at radius 3 is 1.73 bits per heavy atom. The molecule has 6 aromatic heterocycles. The van der Waals surface area contributed by atoms with Crippen molar-refractivity contribution in [3.8, 4) is 0 Å². The van der Waals surface area contributed by atoms with Gasteiger partial charge < -0.3 is 58.9 Å². The second kappa shape index (κ2) is 22.7. The van der Waals surface area contributed by atoms with E-state index in [1.165, 1.54) is 38.9 Å². The molecule has 0 aliphatic carbocycles. The van der Waals surface area contributed by atoms with Crippen molar-refractivity contribution < 1.29 is 55.5 Å². The summed E-state index contributed by atoms with van der Waals surface area (Å²) >= 11 is 0. The maximum atomic E-state index is 12.8. The minimum atomic E-state index is -3.38. The van der Waals surface area contributed by atoms with Gasteiger partial charge in [0.05, 0.1) is 42.5 Å². The molecule has 21 nitrogen and oxygen atoms in total. The summed E-state index contributed by atoms with van der Waals surface area (Å²) in [6.45, 7) is -1.32. The van der Waals surface area contributed by atoms with Crippen LogP contribution in [-0.4, -0.2) is 175 Å². The molecule has 372 valence electrons. The van der Waals surface area contributed by atoms with Crippen molar-refractivity contribution in [2.75, 3.05) is 94.4 Å². The zero-order chi connectivity index (χ0) is 77.2. The molecular formula is C50H64N18O3. The molecule has 3 N–H and O–H groups in total. The van der Waals surface area contributed by atoms with Crippen LogP contribution in [0, 0.1) is 51.3 Å². The van der Waals surface area contributed by atoms with Gasteiger partial charge in [-0.2, -0.15) is 0 Å². The fourth-order valence-corrected chi connectivity index (χ4v) is 7.47. The number of aromatic nitrogens is 9. The minimum Gasteiger partial charge on any atom is -0.354 e. The summed E-state index contributed by atoms with van der Waals surface area (Å²) in [7, 11) is 1.36. The van der Waals surface area contributed by atoms with E-state index >= 15 is 0 Å². The molecule has 3 aliphatic rings. The number of hydrogen-bond acceptors (Lipinski definition) is 12. The van der Waals surface area contributed by atoms with Crippen LogP contribution in [0.1, 0.15) is 92.4 Å². The van der Waals surface area contributed by atoms with Gasteiger partial charge in [-0.25, -0.2) is 49.6 Å². The maximum absolute atomic E-state index is 12.8. The van der Waals surface area contributed by atoms with Gasteiger partial charge in [0, 0.05) is 98.3 Å². The first-order chi connectivity index (χ1) is 45.7. The molecule has 3 aliphatic heterocycles. The topological polar surface area (TPSA) is 208 Å². The van der Waals surface area contributed by atoms with Gasteiger partial charge in [0.2, 0.25) is 0 Å². The molecule has 3 fully saturated rings. The number of carbonyl (C=O) groups excluding carboxylic acids is 3. The van der Waals surface area contributed by atoms with E-state index in [2.05, 4.69) is 59.4 Å². The summed E-state index contributed by atoms with van der Waals surface area (Å²) in [4.78, 5) is 81.0. The number of aromatic amines is 3. The zero-order valence-electron chi connectivity index (χ0n) is 68.5. The molecule has 3 saturated heterocycles. The Morgan fingerprint density at radius 2 is 1.23 bits per heavy atom. The average molecular weight is 995 g/mol. The number of nitrogens with zero attached hydrogens (tertiary/aromatic N) is 15. The second-order valence-electron chi connectivity index (χ2n) is 15.7. The standard InChI is InChI=1S/2C17H22N6O.C16H20N6O/c2*1-11-5-6-23(15(24)8-18-3)9-14(11)22(4)17-13-7-12(2)21-16(13)19-10-20-17;1-11-5-7-22(14(23)8-17-2)9-13(11)21(3)16-12-4-6-18-15(12)19-10-20-16/h2*7,10-11,14H,5-6,8-9H2,1-2,4H3,(H,19,20,21);4,6,10-11,13H,5,7-9H2,1,3H3,(H,18,19,20)/t2*11-,14+;11-,13+/m111/s1/i1D3,4D3,7D,8D2,10D,11D,14D;4D3,7D,8D2,10D,11D,14D;5D2,7D2,8D2,9D2,10D. The van der Waals surface area contributed by atoms with Crippen LogP contribution in [-0.2, 0) is 14.4 Å². The van der Waals surface area contributed by atoms with Gasteiger partial charge in [-0.1, -0.05) is 20.7 Å². The first-order valence-electron chi connectivity index (χ1n) is 36.1. The molecular weight excluding hydrogens is 901 g/mol. The van der Waals surface area contributed by atoms with Crippen molar-refractivity contribution in [3.63, 3.8) is 0 Å². The lowest BCUT2D eigenvalue weighted by Crippen LogP contribution is -2.53. The molecule has 6 aromatic rings. The minimum absolute atomic E-state index is 0.0186. The lowest BCUT2D eigenvalue weighted by molar-refractivity contribution is -0.131. The van der Waals surface area contributed by atoms with Crippen LogP contribution in [0.25, 0.3) is 47.6 Å². The van der Waals surface area contributed by atoms with Crippen LogP contribution >= 0.6 is 0 Å². The third-order valence-corrected chi connectivity index (χ3v) is 11.1. The van der Waals surface area contributed by atoms with E-state index in [0.717, 1.165) is 4.90 Å². The Hall–Kier alpha value is -7.86. The highest BCUT2D eigenvalue weighted by Gasteiger charge is 2.36. The monoisotopic (exact) mass is 995 g/mol. The van der Waals surface area contributed by atoms with Gasteiger partial charge in [-0.05, 0) is 68.9 Å². The summed E-state index contributed by atoms with van der Waals surface area (Å²) < 4.78 is 246. The van der Waals surface area contributed by atoms with Crippen LogP contribution in [0.3, 0.4) is 0 Å². The third-order valence-electron chi connectivity index (χ3n) is 11.1. The van der Waals surface area contributed by atoms with Crippen molar-refractivity contribution in [1.82, 2.24) is 59.6 Å². The molecule has 0 spiro atoms. The van der Waals surface area contributed by atoms with E-state index < -0.39 is 170 Å². The van der Waals surface area contributed by atoms with E-state index in [9.17, 15) is 17.1 Å². The highest BCUT2D eigenvalue weighted by atomic mass is 16.2. The highest BCUT2D eigenvalue weighted by molar-refractivity contribution is 5.90. The van der Waals surface area contributed by atoms with E-state index in [-0.39, 0.29) is 74.1 Å². The van der Waals surface area contributed by atoms with Crippen LogP contribution in [0.4, 0.5) is 17.5 Å². The normalized spacial score (nSPS) is 34.5. The van der Waals surface area contributed by atoms with Crippen molar-refractivity contribution >= 4 is 68.3 Å². The average Bonchev–Trinajstić information content (AvgIpc) is 0.939. The lowest BCUT2D eigenvalue weighted by Gasteiger charge is -2.41. The largest absolute Gasteiger partial charge is 0.354 e. The number of anilines is 3. The number of nitrogens with one attached hydrogen (secondary N) is 3. The summed E-state index contributed by atoms with van der Waals surface area (Å²) in [5.74, 6) is -11.6. The smallest absolute Gasteiger partial charge is 0.302 e. The van der Waals surface area contributed by atoms with Gasteiger partial charge in [0.15, 0.2) is 0 Å². The Kier molecular flexibility index (Phi) is 7.93. The molecule has 6 atom stereocenters. The number of rotatable bonds is 9. The number of fused-ring (bicyclic) bond motifs is 3. The number of amides is 3. The van der Waals surface area contributed by atoms with Crippen LogP contribution in [0.15, 0.2) is 43.3 Å². The Balaban J connectivity index is 0.000000213. The van der Waals surface area contributed by atoms with Gasteiger partial charge in [-0.15, -0.1) is 0 Å². The Bertz CT molecular complexity index is 4380. The molecule has 21 heteroatoms. The summed E-state index contributed by atoms with van der Waals surface area (Å²) in [6.07, 6.45) is -3.97. The van der Waals surface area contributed by atoms with Crippen LogP contribution in [0.2, 0.25) is 0 Å². The fraction of sp³-hybridized carbons (Fsp3) is 0.520. The molecule has 71 heavy (non-hydrogen) atoms. The second-order valence-corrected chi connectivity index (χ2v) is 15.7. The summed E-state index contributed by atoms with van der Waals surface area (Å²) in [5.41, 5.74) is 0.712. The Labute approximate surface area is 456 Å². The van der Waals surface area contributed by atoms with Gasteiger partial charge in [0.1, 0.15) is 65.6 Å². The SMILES string of the molecule is [2H]c1nc(N(C([2H])([2H])[2H])[C@@]2([2H])CN(C(=O)C([2H])([2H])[N+]#[C-])CC[C@@]2([2H])C([2H])([2H])[2H])c2c([2H])c(C)[nH]c2n1.[2H]c1nc(N(C([2H])([2H])[2H])[C@@]2([2H])CN(C(=O)C([2H])([2H])[N+]#[C-])CC[C@@]2([2H])C)c2c([2H])c(C)[nH]c2n1.[2H]c1nc(N(C)[C@@H]2[C@H](C)C([2H])([2H])C([2H])([2H])N(C(=O)C([2H])([2H])[N+]#[C-])C2([2H])[2H])c2cc[nH]c2n1. The molecule has 0 radical (unpaired) electrons. The molecule has 9 rings (SSSR count). The molecule has 0 bridgehead atoms. The van der Waals surface area contributed by atoms with Gasteiger partial charge >= 0.3 is 17.7 Å². The number of likely N-dealkylation sites (N-methyl/N-ethyl adjacent to an activating group) is 3. The van der Waals surface area contributed by atoms with Crippen molar-refractivity contribution in [1.29, 1.82) is 0 Å². The third kappa shape index (κ3) is 11.4. The van der Waals surface area contributed by atoms with E-state index in [1.54, 1.807) is 13.0 Å². The van der Waals surface area contributed by atoms with Crippen molar-refractivity contribution in [3.05, 3.63) is 88.9 Å². The highest BCUT2D eigenvalue weighted by Crippen LogP contribution is 2.32. The first-order valence-corrected chi connectivity index (χ1v) is 21.1. The summed E-state index contributed by atoms with van der Waals surface area (Å²) in [5, 5.41) is 0.0936.